The van der Waals surface area contributed by atoms with E-state index in [1.807, 2.05) is 0 Å². The molecule has 0 radical (unpaired) electrons. The lowest BCUT2D eigenvalue weighted by atomic mass is 9.80. The molecule has 0 saturated carbocycles. The molecule has 0 spiro atoms. The molecule has 266 valence electrons. The summed E-state index contributed by atoms with van der Waals surface area (Å²) in [4.78, 5) is 10.7. The van der Waals surface area contributed by atoms with Gasteiger partial charge in [-0.2, -0.15) is 0 Å². The van der Waals surface area contributed by atoms with Crippen LogP contribution >= 0.6 is 0 Å². The Morgan fingerprint density at radius 1 is 0.357 bits per heavy atom. The van der Waals surface area contributed by atoms with E-state index in [1.54, 1.807) is 0 Å². The maximum Gasteiger partial charge on any atom is 0.161 e. The second-order valence-electron chi connectivity index (χ2n) is 16.5. The Hall–Kier alpha value is -6.64. The van der Waals surface area contributed by atoms with Gasteiger partial charge in [0.15, 0.2) is 5.82 Å². The molecule has 2 aliphatic rings. The number of fused-ring (bicyclic) bond motifs is 9. The zero-order valence-electron chi connectivity index (χ0n) is 32.1. The molecule has 56 heavy (non-hydrogen) atoms. The lowest BCUT2D eigenvalue weighted by Gasteiger charge is -2.23. The van der Waals surface area contributed by atoms with E-state index in [4.69, 9.17) is 9.97 Å². The smallest absolute Gasteiger partial charge is 0.161 e. The normalized spacial score (nSPS) is 14.4. The van der Waals surface area contributed by atoms with Gasteiger partial charge in [-0.25, -0.2) is 9.97 Å². The molecule has 8 aromatic carbocycles. The Morgan fingerprint density at radius 2 is 0.964 bits per heavy atom. The van der Waals surface area contributed by atoms with Crippen molar-refractivity contribution < 1.29 is 0 Å². The lowest BCUT2D eigenvalue weighted by Crippen LogP contribution is -2.15. The van der Waals surface area contributed by atoms with Crippen LogP contribution in [0.5, 0.6) is 0 Å². The summed E-state index contributed by atoms with van der Waals surface area (Å²) in [5.41, 5.74) is 18.1. The van der Waals surface area contributed by atoms with Gasteiger partial charge in [-0.3, -0.25) is 0 Å². The van der Waals surface area contributed by atoms with Crippen LogP contribution in [0.15, 0.2) is 170 Å². The van der Waals surface area contributed by atoms with Gasteiger partial charge in [0.2, 0.25) is 0 Å². The molecule has 11 rings (SSSR count). The van der Waals surface area contributed by atoms with Gasteiger partial charge in [0, 0.05) is 27.5 Å². The fourth-order valence-electron chi connectivity index (χ4n) is 9.96. The summed E-state index contributed by atoms with van der Waals surface area (Å²) in [6.45, 7) is 9.41. The van der Waals surface area contributed by atoms with E-state index in [9.17, 15) is 0 Å². The SMILES string of the molecule is CC1(C)c2ccccc2-c2cc(-c3cc(-c4ccccc4)nc(-c4ccc(-c5cccc6c5-c5ccc7ccccc7c5C6(C)C)c5ccccc45)n3)ccc21. The summed E-state index contributed by atoms with van der Waals surface area (Å²) >= 11 is 0. The van der Waals surface area contributed by atoms with Crippen molar-refractivity contribution >= 4 is 21.5 Å². The second-order valence-corrected chi connectivity index (χ2v) is 16.5. The molecule has 0 amide bonds. The van der Waals surface area contributed by atoms with Gasteiger partial charge in [0.25, 0.3) is 0 Å². The van der Waals surface area contributed by atoms with E-state index in [1.165, 1.54) is 71.8 Å². The predicted molar refractivity (Wildman–Crippen MR) is 234 cm³/mol. The topological polar surface area (TPSA) is 25.8 Å². The van der Waals surface area contributed by atoms with Gasteiger partial charge < -0.3 is 0 Å². The molecule has 0 aliphatic heterocycles. The number of nitrogens with zero attached hydrogens (tertiary/aromatic N) is 2. The zero-order chi connectivity index (χ0) is 37.8. The minimum atomic E-state index is -0.130. The number of hydrogen-bond donors (Lipinski definition) is 0. The Bertz CT molecular complexity index is 3080. The first kappa shape index (κ1) is 32.8. The first-order chi connectivity index (χ1) is 27.3. The van der Waals surface area contributed by atoms with Crippen molar-refractivity contribution in [2.75, 3.05) is 0 Å². The third-order valence-electron chi connectivity index (χ3n) is 12.7. The molecular formula is C54H40N2. The van der Waals surface area contributed by atoms with Crippen LogP contribution in [0.25, 0.3) is 88.8 Å². The van der Waals surface area contributed by atoms with Crippen LogP contribution in [0.1, 0.15) is 49.9 Å². The van der Waals surface area contributed by atoms with Crippen molar-refractivity contribution in [3.05, 3.63) is 192 Å². The largest absolute Gasteiger partial charge is 0.228 e. The fraction of sp³-hybridized carbons (Fsp3) is 0.111. The second kappa shape index (κ2) is 11.9. The highest BCUT2D eigenvalue weighted by Gasteiger charge is 2.39. The van der Waals surface area contributed by atoms with Gasteiger partial charge in [-0.1, -0.05) is 179 Å². The summed E-state index contributed by atoms with van der Waals surface area (Å²) in [7, 11) is 0. The molecule has 0 fully saturated rings. The van der Waals surface area contributed by atoms with Gasteiger partial charge in [-0.05, 0) is 95.4 Å². The number of hydrogen-bond acceptors (Lipinski definition) is 2. The highest BCUT2D eigenvalue weighted by molar-refractivity contribution is 6.09. The third kappa shape index (κ3) is 4.69. The Labute approximate surface area is 328 Å². The fourth-order valence-corrected chi connectivity index (χ4v) is 9.96. The Kier molecular flexibility index (Phi) is 6.98. The highest BCUT2D eigenvalue weighted by Crippen LogP contribution is 2.55. The summed E-state index contributed by atoms with van der Waals surface area (Å²) < 4.78 is 0. The maximum atomic E-state index is 5.39. The van der Waals surface area contributed by atoms with Crippen molar-refractivity contribution in [2.45, 2.75) is 38.5 Å². The monoisotopic (exact) mass is 716 g/mol. The van der Waals surface area contributed by atoms with E-state index < -0.39 is 0 Å². The summed E-state index contributed by atoms with van der Waals surface area (Å²) in [5.74, 6) is 0.724. The van der Waals surface area contributed by atoms with Crippen molar-refractivity contribution in [1.82, 2.24) is 9.97 Å². The van der Waals surface area contributed by atoms with Crippen LogP contribution in [0.4, 0.5) is 0 Å². The van der Waals surface area contributed by atoms with E-state index in [2.05, 4.69) is 198 Å². The molecule has 2 aliphatic carbocycles. The van der Waals surface area contributed by atoms with Gasteiger partial charge in [-0.15, -0.1) is 0 Å². The van der Waals surface area contributed by atoms with Crippen molar-refractivity contribution in [2.24, 2.45) is 0 Å². The lowest BCUT2D eigenvalue weighted by molar-refractivity contribution is 0.660. The molecule has 0 atom stereocenters. The average molecular weight is 717 g/mol. The molecule has 1 heterocycles. The van der Waals surface area contributed by atoms with E-state index in [-0.39, 0.29) is 10.8 Å². The van der Waals surface area contributed by atoms with Gasteiger partial charge in [0.05, 0.1) is 11.4 Å². The molecule has 1 aromatic heterocycles. The van der Waals surface area contributed by atoms with Crippen LogP contribution in [-0.2, 0) is 10.8 Å². The molecule has 2 nitrogen and oxygen atoms in total. The summed E-state index contributed by atoms with van der Waals surface area (Å²) in [5, 5.41) is 4.95. The zero-order valence-corrected chi connectivity index (χ0v) is 32.1. The number of benzene rings is 8. The van der Waals surface area contributed by atoms with E-state index in [0.717, 1.165) is 39.3 Å². The maximum absolute atomic E-state index is 5.39. The first-order valence-corrected chi connectivity index (χ1v) is 19.7. The molecule has 2 heteroatoms. The highest BCUT2D eigenvalue weighted by atomic mass is 14.9. The minimum absolute atomic E-state index is 0.0539. The van der Waals surface area contributed by atoms with Crippen molar-refractivity contribution in [1.29, 1.82) is 0 Å². The summed E-state index contributed by atoms with van der Waals surface area (Å²) in [6, 6.07) is 62.0. The molecule has 0 unspecified atom stereocenters. The van der Waals surface area contributed by atoms with Crippen LogP contribution < -0.4 is 0 Å². The van der Waals surface area contributed by atoms with Gasteiger partial charge in [0.1, 0.15) is 0 Å². The molecule has 0 N–H and O–H groups in total. The first-order valence-electron chi connectivity index (χ1n) is 19.7. The quantitative estimate of drug-likeness (QED) is 0.181. The van der Waals surface area contributed by atoms with E-state index >= 15 is 0 Å². The van der Waals surface area contributed by atoms with Crippen LogP contribution in [0.2, 0.25) is 0 Å². The number of rotatable bonds is 4. The third-order valence-corrected chi connectivity index (χ3v) is 12.7. The van der Waals surface area contributed by atoms with Crippen LogP contribution in [0.3, 0.4) is 0 Å². The van der Waals surface area contributed by atoms with Crippen molar-refractivity contribution in [3.63, 3.8) is 0 Å². The molecule has 0 bridgehead atoms. The average Bonchev–Trinajstić information content (AvgIpc) is 3.63. The Balaban J connectivity index is 1.11. The Morgan fingerprint density at radius 3 is 1.79 bits per heavy atom. The number of aromatic nitrogens is 2. The van der Waals surface area contributed by atoms with Gasteiger partial charge >= 0.3 is 0 Å². The predicted octanol–water partition coefficient (Wildman–Crippen LogP) is 14.1. The molecule has 9 aromatic rings. The van der Waals surface area contributed by atoms with Crippen LogP contribution in [-0.4, -0.2) is 9.97 Å². The van der Waals surface area contributed by atoms with Crippen molar-refractivity contribution in [3.8, 4) is 67.3 Å². The van der Waals surface area contributed by atoms with E-state index in [0.29, 0.717) is 0 Å². The molecule has 0 saturated heterocycles. The van der Waals surface area contributed by atoms with Crippen LogP contribution in [0, 0.1) is 0 Å². The molecular weight excluding hydrogens is 677 g/mol. The summed E-state index contributed by atoms with van der Waals surface area (Å²) in [6.07, 6.45) is 0. The standard InChI is InChI=1S/C54H40N2/c1-53(2)45-23-13-12-21-40(45)44-31-35(26-30-46(44)53)49-32-48(34-16-6-5-7-17-34)55-52(56-49)42-29-28-39(37-19-10-11-20-38(37)42)41-22-14-24-47-50(41)43-27-25-33-15-8-9-18-36(33)51(43)54(47,3)4/h5-32H,1-4H3. The minimum Gasteiger partial charge on any atom is -0.228 e.